The van der Waals surface area contributed by atoms with Crippen LogP contribution in [0.4, 0.5) is 0 Å². The van der Waals surface area contributed by atoms with E-state index in [4.69, 9.17) is 0 Å². The maximum absolute atomic E-state index is 3.34. The highest BCUT2D eigenvalue weighted by molar-refractivity contribution is 8.00. The third-order valence-electron chi connectivity index (χ3n) is 4.06. The zero-order valence-corrected chi connectivity index (χ0v) is 12.4. The molecule has 0 spiro atoms. The minimum absolute atomic E-state index is 0.421. The molecule has 0 amide bonds. The summed E-state index contributed by atoms with van der Waals surface area (Å²) in [6.45, 7) is 13.1. The molecule has 1 aliphatic heterocycles. The van der Waals surface area contributed by atoms with E-state index in [1.165, 1.54) is 25.3 Å². The molecule has 0 aromatic heterocycles. The lowest BCUT2D eigenvalue weighted by molar-refractivity contribution is 0.124. The lowest BCUT2D eigenvalue weighted by atomic mass is 9.86. The van der Waals surface area contributed by atoms with Crippen molar-refractivity contribution in [2.75, 3.05) is 32.4 Å². The minimum Gasteiger partial charge on any atom is -0.319 e. The fourth-order valence-corrected chi connectivity index (χ4v) is 3.59. The van der Waals surface area contributed by atoms with Gasteiger partial charge in [-0.05, 0) is 25.8 Å². The fraction of sp³-hybridized carbons (Fsp3) is 1.00. The lowest BCUT2D eigenvalue weighted by Gasteiger charge is -2.42. The zero-order valence-electron chi connectivity index (χ0n) is 11.5. The molecule has 96 valence electrons. The Kier molecular flexibility index (Phi) is 5.62. The largest absolute Gasteiger partial charge is 0.319 e. The summed E-state index contributed by atoms with van der Waals surface area (Å²) < 4.78 is 0. The molecule has 1 rings (SSSR count). The summed E-state index contributed by atoms with van der Waals surface area (Å²) in [4.78, 5) is 2.68. The zero-order chi connectivity index (χ0) is 12.2. The number of hydrogen-bond donors (Lipinski definition) is 1. The lowest BCUT2D eigenvalue weighted by Crippen LogP contribution is -2.50. The van der Waals surface area contributed by atoms with Crippen molar-refractivity contribution >= 4 is 11.8 Å². The predicted octanol–water partition coefficient (Wildman–Crippen LogP) is 2.45. The predicted molar refractivity (Wildman–Crippen MR) is 75.3 cm³/mol. The van der Waals surface area contributed by atoms with Crippen LogP contribution in [-0.2, 0) is 0 Å². The van der Waals surface area contributed by atoms with Gasteiger partial charge in [-0.1, -0.05) is 20.8 Å². The van der Waals surface area contributed by atoms with Crippen LogP contribution in [0.25, 0.3) is 0 Å². The van der Waals surface area contributed by atoms with Gasteiger partial charge in [-0.2, -0.15) is 11.8 Å². The van der Waals surface area contributed by atoms with Gasteiger partial charge in [0.1, 0.15) is 0 Å². The first-order valence-corrected chi connectivity index (χ1v) is 7.57. The molecule has 1 saturated heterocycles. The van der Waals surface area contributed by atoms with E-state index in [0.717, 1.165) is 17.8 Å². The van der Waals surface area contributed by atoms with Gasteiger partial charge in [0.2, 0.25) is 0 Å². The molecule has 0 radical (unpaired) electrons. The van der Waals surface area contributed by atoms with Crippen LogP contribution in [0.2, 0.25) is 0 Å². The topological polar surface area (TPSA) is 15.3 Å². The summed E-state index contributed by atoms with van der Waals surface area (Å²) in [6, 6.07) is 0.724. The molecule has 3 atom stereocenters. The van der Waals surface area contributed by atoms with E-state index in [9.17, 15) is 0 Å². The van der Waals surface area contributed by atoms with Crippen LogP contribution in [0.3, 0.4) is 0 Å². The van der Waals surface area contributed by atoms with Crippen LogP contribution in [0.5, 0.6) is 0 Å². The Hall–Kier alpha value is 0.270. The Morgan fingerprint density at radius 3 is 2.69 bits per heavy atom. The molecule has 1 heterocycles. The van der Waals surface area contributed by atoms with Crippen LogP contribution >= 0.6 is 11.8 Å². The highest BCUT2D eigenvalue weighted by Gasteiger charge is 2.31. The van der Waals surface area contributed by atoms with Gasteiger partial charge >= 0.3 is 0 Å². The molecule has 3 unspecified atom stereocenters. The monoisotopic (exact) mass is 244 g/mol. The molecule has 0 aromatic rings. The average molecular weight is 244 g/mol. The van der Waals surface area contributed by atoms with E-state index in [2.05, 4.69) is 56.7 Å². The Labute approximate surface area is 106 Å². The summed E-state index contributed by atoms with van der Waals surface area (Å²) in [5.41, 5.74) is 0.421. The minimum atomic E-state index is 0.421. The Morgan fingerprint density at radius 2 is 2.12 bits per heavy atom. The second kappa shape index (κ2) is 6.27. The van der Waals surface area contributed by atoms with Gasteiger partial charge in [0.05, 0.1) is 0 Å². The van der Waals surface area contributed by atoms with Crippen molar-refractivity contribution in [2.45, 2.75) is 45.4 Å². The maximum atomic E-state index is 3.34. The molecular weight excluding hydrogens is 216 g/mol. The third kappa shape index (κ3) is 3.64. The number of rotatable bonds is 5. The van der Waals surface area contributed by atoms with E-state index >= 15 is 0 Å². The van der Waals surface area contributed by atoms with Crippen LogP contribution in [-0.4, -0.2) is 48.6 Å². The maximum Gasteiger partial charge on any atom is 0.0184 e. The molecule has 0 bridgehead atoms. The van der Waals surface area contributed by atoms with Crippen LogP contribution in [0.1, 0.15) is 34.1 Å². The third-order valence-corrected chi connectivity index (χ3v) is 5.39. The molecule has 0 aromatic carbocycles. The molecule has 16 heavy (non-hydrogen) atoms. The van der Waals surface area contributed by atoms with E-state index in [0.29, 0.717) is 5.41 Å². The smallest absolute Gasteiger partial charge is 0.0184 e. The van der Waals surface area contributed by atoms with Crippen molar-refractivity contribution in [2.24, 2.45) is 5.41 Å². The van der Waals surface area contributed by atoms with E-state index in [1.807, 2.05) is 0 Å². The first-order valence-electron chi connectivity index (χ1n) is 6.52. The van der Waals surface area contributed by atoms with Gasteiger partial charge in [-0.3, -0.25) is 4.90 Å². The number of nitrogens with one attached hydrogen (secondary N) is 1. The standard InChI is InChI=1S/C13H28N2S/c1-6-13(4,9-14-5)10-15-7-8-16-12(3)11(15)2/h11-12,14H,6-10H2,1-5H3. The van der Waals surface area contributed by atoms with Gasteiger partial charge in [0, 0.05) is 36.7 Å². The van der Waals surface area contributed by atoms with Crippen molar-refractivity contribution in [3.05, 3.63) is 0 Å². The Morgan fingerprint density at radius 1 is 1.44 bits per heavy atom. The molecular formula is C13H28N2S. The van der Waals surface area contributed by atoms with E-state index in [1.54, 1.807) is 0 Å². The van der Waals surface area contributed by atoms with Crippen molar-refractivity contribution < 1.29 is 0 Å². The summed E-state index contributed by atoms with van der Waals surface area (Å²) in [6.07, 6.45) is 1.25. The van der Waals surface area contributed by atoms with Crippen molar-refractivity contribution in [1.29, 1.82) is 0 Å². The van der Waals surface area contributed by atoms with Crippen LogP contribution in [0, 0.1) is 5.41 Å². The normalized spacial score (nSPS) is 31.3. The second-order valence-corrected chi connectivity index (χ2v) is 6.97. The van der Waals surface area contributed by atoms with E-state index < -0.39 is 0 Å². The summed E-state index contributed by atoms with van der Waals surface area (Å²) in [7, 11) is 2.06. The second-order valence-electron chi connectivity index (χ2n) is 5.48. The summed E-state index contributed by atoms with van der Waals surface area (Å²) >= 11 is 2.12. The molecule has 1 fully saturated rings. The van der Waals surface area contributed by atoms with Crippen molar-refractivity contribution in [3.63, 3.8) is 0 Å². The highest BCUT2D eigenvalue weighted by Crippen LogP contribution is 2.29. The summed E-state index contributed by atoms with van der Waals surface area (Å²) in [5, 5.41) is 4.12. The Balaban J connectivity index is 2.56. The highest BCUT2D eigenvalue weighted by atomic mass is 32.2. The molecule has 0 saturated carbocycles. The quantitative estimate of drug-likeness (QED) is 0.800. The van der Waals surface area contributed by atoms with Crippen molar-refractivity contribution in [3.8, 4) is 0 Å². The fourth-order valence-electron chi connectivity index (χ4n) is 2.43. The van der Waals surface area contributed by atoms with Gasteiger partial charge in [-0.25, -0.2) is 0 Å². The molecule has 2 nitrogen and oxygen atoms in total. The van der Waals surface area contributed by atoms with Gasteiger partial charge in [-0.15, -0.1) is 0 Å². The molecule has 1 aliphatic rings. The van der Waals surface area contributed by atoms with Gasteiger partial charge in [0.15, 0.2) is 0 Å². The van der Waals surface area contributed by atoms with Gasteiger partial charge < -0.3 is 5.32 Å². The molecule has 3 heteroatoms. The SMILES string of the molecule is CCC(C)(CNC)CN1CCSC(C)C1C. The summed E-state index contributed by atoms with van der Waals surface area (Å²) in [5.74, 6) is 1.30. The number of thioether (sulfide) groups is 1. The van der Waals surface area contributed by atoms with Gasteiger partial charge in [0.25, 0.3) is 0 Å². The number of hydrogen-bond acceptors (Lipinski definition) is 3. The first kappa shape index (κ1) is 14.3. The molecule has 1 N–H and O–H groups in total. The Bertz CT molecular complexity index is 210. The first-order chi connectivity index (χ1) is 7.52. The van der Waals surface area contributed by atoms with Crippen LogP contribution < -0.4 is 5.32 Å². The van der Waals surface area contributed by atoms with Crippen molar-refractivity contribution in [1.82, 2.24) is 10.2 Å². The van der Waals surface area contributed by atoms with E-state index in [-0.39, 0.29) is 0 Å². The van der Waals surface area contributed by atoms with Crippen LogP contribution in [0.15, 0.2) is 0 Å². The number of nitrogens with zero attached hydrogens (tertiary/aromatic N) is 1. The average Bonchev–Trinajstić information content (AvgIpc) is 2.25. The molecule has 0 aliphatic carbocycles.